The van der Waals surface area contributed by atoms with Gasteiger partial charge in [-0.3, -0.25) is 0 Å². The van der Waals surface area contributed by atoms with Crippen molar-refractivity contribution in [1.29, 1.82) is 0 Å². The molecule has 2 rings (SSSR count). The molecule has 1 aliphatic rings. The summed E-state index contributed by atoms with van der Waals surface area (Å²) in [7, 11) is 4.18. The normalized spacial score (nSPS) is 16.2. The van der Waals surface area contributed by atoms with Gasteiger partial charge in [-0.2, -0.15) is 0 Å². The zero-order valence-corrected chi connectivity index (χ0v) is 11.2. The molecule has 1 aliphatic carbocycles. The number of aromatic nitrogens is 1. The summed E-state index contributed by atoms with van der Waals surface area (Å²) >= 11 is 1.85. The SMILES string of the molecule is CCc1nc(N(C)C2CCC2)sc1CNC. The molecule has 4 heteroatoms. The first kappa shape index (κ1) is 11.9. The average molecular weight is 239 g/mol. The third-order valence-electron chi connectivity index (χ3n) is 3.36. The molecule has 0 spiro atoms. The Hall–Kier alpha value is -0.610. The summed E-state index contributed by atoms with van der Waals surface area (Å²) < 4.78 is 0. The van der Waals surface area contributed by atoms with E-state index in [1.807, 2.05) is 18.4 Å². The Bertz CT molecular complexity index is 344. The molecule has 3 nitrogen and oxygen atoms in total. The van der Waals surface area contributed by atoms with E-state index >= 15 is 0 Å². The van der Waals surface area contributed by atoms with Gasteiger partial charge in [0.05, 0.1) is 5.69 Å². The molecule has 1 fully saturated rings. The second kappa shape index (κ2) is 5.15. The number of nitrogens with one attached hydrogen (secondary N) is 1. The zero-order chi connectivity index (χ0) is 11.5. The van der Waals surface area contributed by atoms with E-state index in [0.29, 0.717) is 0 Å². The number of nitrogens with zero attached hydrogens (tertiary/aromatic N) is 2. The van der Waals surface area contributed by atoms with Gasteiger partial charge in [-0.05, 0) is 32.7 Å². The molecule has 1 aromatic rings. The molecule has 1 saturated carbocycles. The Kier molecular flexibility index (Phi) is 3.82. The van der Waals surface area contributed by atoms with Crippen molar-refractivity contribution >= 4 is 16.5 Å². The maximum atomic E-state index is 4.75. The average Bonchev–Trinajstić information content (AvgIpc) is 2.59. The zero-order valence-electron chi connectivity index (χ0n) is 10.4. The largest absolute Gasteiger partial charge is 0.348 e. The molecule has 16 heavy (non-hydrogen) atoms. The van der Waals surface area contributed by atoms with Crippen LogP contribution < -0.4 is 10.2 Å². The summed E-state index contributed by atoms with van der Waals surface area (Å²) in [6.45, 7) is 3.13. The molecular weight excluding hydrogens is 218 g/mol. The fraction of sp³-hybridized carbons (Fsp3) is 0.750. The van der Waals surface area contributed by atoms with Gasteiger partial charge < -0.3 is 10.2 Å². The van der Waals surface area contributed by atoms with Crippen molar-refractivity contribution < 1.29 is 0 Å². The molecule has 0 unspecified atom stereocenters. The number of hydrogen-bond acceptors (Lipinski definition) is 4. The predicted molar refractivity (Wildman–Crippen MR) is 70.3 cm³/mol. The number of anilines is 1. The van der Waals surface area contributed by atoms with Gasteiger partial charge >= 0.3 is 0 Å². The molecular formula is C12H21N3S. The quantitative estimate of drug-likeness (QED) is 0.855. The minimum absolute atomic E-state index is 0.735. The summed E-state index contributed by atoms with van der Waals surface area (Å²) in [6.07, 6.45) is 5.08. The van der Waals surface area contributed by atoms with Crippen LogP contribution in [-0.2, 0) is 13.0 Å². The van der Waals surface area contributed by atoms with Crippen LogP contribution in [0.1, 0.15) is 36.8 Å². The molecule has 1 aromatic heterocycles. The molecule has 1 heterocycles. The minimum Gasteiger partial charge on any atom is -0.348 e. The number of rotatable bonds is 5. The van der Waals surface area contributed by atoms with Gasteiger partial charge in [-0.25, -0.2) is 4.98 Å². The first-order chi connectivity index (χ1) is 7.76. The van der Waals surface area contributed by atoms with Crippen LogP contribution in [0.3, 0.4) is 0 Å². The first-order valence-corrected chi connectivity index (χ1v) is 6.94. The van der Waals surface area contributed by atoms with Gasteiger partial charge in [0.2, 0.25) is 0 Å². The van der Waals surface area contributed by atoms with E-state index in [1.54, 1.807) is 0 Å². The summed E-state index contributed by atoms with van der Waals surface area (Å²) in [5.41, 5.74) is 1.26. The lowest BCUT2D eigenvalue weighted by Gasteiger charge is -2.34. The Morgan fingerprint density at radius 2 is 2.25 bits per heavy atom. The van der Waals surface area contributed by atoms with Crippen LogP contribution >= 0.6 is 11.3 Å². The summed E-state index contributed by atoms with van der Waals surface area (Å²) in [6, 6.07) is 0.735. The molecule has 0 radical (unpaired) electrons. The molecule has 0 aromatic carbocycles. The number of hydrogen-bond donors (Lipinski definition) is 1. The molecule has 90 valence electrons. The topological polar surface area (TPSA) is 28.2 Å². The molecule has 0 bridgehead atoms. The van der Waals surface area contributed by atoms with Crippen LogP contribution in [0.2, 0.25) is 0 Å². The van der Waals surface area contributed by atoms with Gasteiger partial charge in [-0.1, -0.05) is 6.92 Å². The van der Waals surface area contributed by atoms with Gasteiger partial charge in [0.15, 0.2) is 5.13 Å². The Morgan fingerprint density at radius 3 is 2.75 bits per heavy atom. The lowest BCUT2D eigenvalue weighted by molar-refractivity contribution is 0.401. The minimum atomic E-state index is 0.735. The fourth-order valence-corrected chi connectivity index (χ4v) is 3.22. The highest BCUT2D eigenvalue weighted by Crippen LogP contribution is 2.32. The fourth-order valence-electron chi connectivity index (χ4n) is 2.03. The highest BCUT2D eigenvalue weighted by atomic mass is 32.1. The Balaban J connectivity index is 2.13. The summed E-state index contributed by atoms with van der Waals surface area (Å²) in [5, 5.41) is 4.42. The van der Waals surface area contributed by atoms with Crippen LogP contribution in [0.4, 0.5) is 5.13 Å². The number of thiazole rings is 1. The van der Waals surface area contributed by atoms with E-state index in [1.165, 1.54) is 35.0 Å². The van der Waals surface area contributed by atoms with Crippen LogP contribution in [0.15, 0.2) is 0 Å². The maximum absolute atomic E-state index is 4.75. The van der Waals surface area contributed by atoms with E-state index in [-0.39, 0.29) is 0 Å². The van der Waals surface area contributed by atoms with Crippen LogP contribution in [0, 0.1) is 0 Å². The third kappa shape index (κ3) is 2.23. The van der Waals surface area contributed by atoms with Crippen molar-refractivity contribution in [1.82, 2.24) is 10.3 Å². The second-order valence-corrected chi connectivity index (χ2v) is 5.51. The predicted octanol–water partition coefficient (Wildman–Crippen LogP) is 2.41. The molecule has 1 N–H and O–H groups in total. The van der Waals surface area contributed by atoms with E-state index < -0.39 is 0 Å². The molecule has 0 amide bonds. The Morgan fingerprint density at radius 1 is 1.50 bits per heavy atom. The monoisotopic (exact) mass is 239 g/mol. The smallest absolute Gasteiger partial charge is 0.185 e. The highest BCUT2D eigenvalue weighted by Gasteiger charge is 2.24. The molecule has 0 aliphatic heterocycles. The maximum Gasteiger partial charge on any atom is 0.185 e. The highest BCUT2D eigenvalue weighted by molar-refractivity contribution is 7.15. The van der Waals surface area contributed by atoms with Crippen LogP contribution in [0.25, 0.3) is 0 Å². The van der Waals surface area contributed by atoms with Crippen molar-refractivity contribution in [3.05, 3.63) is 10.6 Å². The van der Waals surface area contributed by atoms with Crippen molar-refractivity contribution in [2.45, 2.75) is 45.2 Å². The number of aryl methyl sites for hydroxylation is 1. The third-order valence-corrected chi connectivity index (χ3v) is 4.55. The van der Waals surface area contributed by atoms with Gasteiger partial charge in [0.25, 0.3) is 0 Å². The van der Waals surface area contributed by atoms with E-state index in [9.17, 15) is 0 Å². The standard InChI is InChI=1S/C12H21N3S/c1-4-10-11(8-13-2)16-12(14-10)15(3)9-6-5-7-9/h9,13H,4-8H2,1-3H3. The van der Waals surface area contributed by atoms with E-state index in [4.69, 9.17) is 4.98 Å². The Labute approximate surface area is 102 Å². The van der Waals surface area contributed by atoms with Gasteiger partial charge in [-0.15, -0.1) is 11.3 Å². The summed E-state index contributed by atoms with van der Waals surface area (Å²) in [4.78, 5) is 8.52. The van der Waals surface area contributed by atoms with E-state index in [2.05, 4.69) is 24.2 Å². The van der Waals surface area contributed by atoms with Crippen LogP contribution in [-0.4, -0.2) is 25.1 Å². The van der Waals surface area contributed by atoms with E-state index in [0.717, 1.165) is 19.0 Å². The van der Waals surface area contributed by atoms with Crippen molar-refractivity contribution in [2.24, 2.45) is 0 Å². The molecule has 0 atom stereocenters. The van der Waals surface area contributed by atoms with Crippen molar-refractivity contribution in [2.75, 3.05) is 19.0 Å². The summed E-state index contributed by atoms with van der Waals surface area (Å²) in [5.74, 6) is 0. The lowest BCUT2D eigenvalue weighted by atomic mass is 9.92. The van der Waals surface area contributed by atoms with Gasteiger partial charge in [0, 0.05) is 24.5 Å². The van der Waals surface area contributed by atoms with Crippen molar-refractivity contribution in [3.63, 3.8) is 0 Å². The first-order valence-electron chi connectivity index (χ1n) is 6.12. The van der Waals surface area contributed by atoms with Crippen molar-refractivity contribution in [3.8, 4) is 0 Å². The second-order valence-electron chi connectivity index (χ2n) is 4.45. The van der Waals surface area contributed by atoms with Gasteiger partial charge in [0.1, 0.15) is 0 Å². The van der Waals surface area contributed by atoms with Crippen LogP contribution in [0.5, 0.6) is 0 Å². The molecule has 0 saturated heterocycles. The lowest BCUT2D eigenvalue weighted by Crippen LogP contribution is -2.37.